The number of para-hydroxylation sites is 1. The van der Waals surface area contributed by atoms with Crippen LogP contribution in [0.2, 0.25) is 0 Å². The zero-order chi connectivity index (χ0) is 22.3. The van der Waals surface area contributed by atoms with E-state index in [0.29, 0.717) is 5.92 Å². The SMILES string of the molecule is CCCCN1CCN(c2c(/C(C)=C/CC(CC)C(C)(C)C)cccc2[N+](=O)[O-])CC1. The van der Waals surface area contributed by atoms with Crippen molar-refractivity contribution in [3.63, 3.8) is 0 Å². The van der Waals surface area contributed by atoms with Crippen LogP contribution >= 0.6 is 0 Å². The summed E-state index contributed by atoms with van der Waals surface area (Å²) in [4.78, 5) is 16.3. The summed E-state index contributed by atoms with van der Waals surface area (Å²) in [6.45, 7) is 18.2. The predicted molar refractivity (Wildman–Crippen MR) is 128 cm³/mol. The van der Waals surface area contributed by atoms with Crippen LogP contribution in [0, 0.1) is 21.4 Å². The van der Waals surface area contributed by atoms with Gasteiger partial charge in [0.1, 0.15) is 5.69 Å². The molecule has 1 aromatic carbocycles. The van der Waals surface area contributed by atoms with Crippen LogP contribution in [0.25, 0.3) is 5.57 Å². The highest BCUT2D eigenvalue weighted by atomic mass is 16.6. The molecule has 5 heteroatoms. The van der Waals surface area contributed by atoms with E-state index in [9.17, 15) is 10.1 Å². The third-order valence-corrected chi connectivity index (χ3v) is 6.58. The molecule has 0 aliphatic carbocycles. The Bertz CT molecular complexity index is 728. The molecule has 1 aliphatic heterocycles. The summed E-state index contributed by atoms with van der Waals surface area (Å²) < 4.78 is 0. The van der Waals surface area contributed by atoms with Gasteiger partial charge in [-0.15, -0.1) is 0 Å². The van der Waals surface area contributed by atoms with E-state index in [1.165, 1.54) is 12.8 Å². The number of piperazine rings is 1. The molecule has 0 radical (unpaired) electrons. The smallest absolute Gasteiger partial charge is 0.293 e. The fourth-order valence-corrected chi connectivity index (χ4v) is 4.47. The Kier molecular flexibility index (Phi) is 8.90. The molecule has 1 fully saturated rings. The van der Waals surface area contributed by atoms with Gasteiger partial charge < -0.3 is 4.90 Å². The first-order chi connectivity index (χ1) is 14.2. The summed E-state index contributed by atoms with van der Waals surface area (Å²) in [6.07, 6.45) is 6.84. The highest BCUT2D eigenvalue weighted by molar-refractivity contribution is 5.82. The molecule has 30 heavy (non-hydrogen) atoms. The lowest BCUT2D eigenvalue weighted by atomic mass is 9.77. The van der Waals surface area contributed by atoms with Crippen LogP contribution < -0.4 is 4.90 Å². The predicted octanol–water partition coefficient (Wildman–Crippen LogP) is 6.38. The standard InChI is InChI=1S/C25H41N3O2/c1-7-9-15-26-16-18-27(19-17-26)24-22(11-10-12-23(24)28(29)30)20(3)13-14-21(8-2)25(4,5)6/h10-13,21H,7-9,14-19H2,1-6H3/b20-13+. The number of allylic oxidation sites excluding steroid dienone is 2. The first-order valence-corrected chi connectivity index (χ1v) is 11.6. The maximum Gasteiger partial charge on any atom is 0.293 e. The monoisotopic (exact) mass is 415 g/mol. The molecule has 1 heterocycles. The van der Waals surface area contributed by atoms with Crippen molar-refractivity contribution in [2.24, 2.45) is 11.3 Å². The molecule has 1 atom stereocenters. The summed E-state index contributed by atoms with van der Waals surface area (Å²) in [5.74, 6) is 0.594. The minimum absolute atomic E-state index is 0.223. The summed E-state index contributed by atoms with van der Waals surface area (Å²) >= 11 is 0. The third-order valence-electron chi connectivity index (χ3n) is 6.58. The van der Waals surface area contributed by atoms with Crippen molar-refractivity contribution in [1.82, 2.24) is 4.90 Å². The van der Waals surface area contributed by atoms with Gasteiger partial charge in [0.15, 0.2) is 0 Å². The second-order valence-corrected chi connectivity index (χ2v) is 9.71. The highest BCUT2D eigenvalue weighted by Gasteiger charge is 2.27. The molecule has 0 N–H and O–H groups in total. The van der Waals surface area contributed by atoms with Gasteiger partial charge in [-0.05, 0) is 43.2 Å². The molecule has 0 spiro atoms. The quantitative estimate of drug-likeness (QED) is 0.347. The Morgan fingerprint density at radius 3 is 2.40 bits per heavy atom. The lowest BCUT2D eigenvalue weighted by Gasteiger charge is -2.36. The zero-order valence-corrected chi connectivity index (χ0v) is 19.9. The minimum atomic E-state index is -0.223. The largest absolute Gasteiger partial charge is 0.363 e. The van der Waals surface area contributed by atoms with Gasteiger partial charge in [0.25, 0.3) is 5.69 Å². The van der Waals surface area contributed by atoms with E-state index in [1.807, 2.05) is 6.07 Å². The normalized spacial score (nSPS) is 17.3. The molecule has 1 aliphatic rings. The number of nitro benzene ring substituents is 1. The van der Waals surface area contributed by atoms with Gasteiger partial charge in [-0.1, -0.05) is 65.7 Å². The molecule has 168 valence electrons. The highest BCUT2D eigenvalue weighted by Crippen LogP contribution is 2.38. The van der Waals surface area contributed by atoms with Crippen molar-refractivity contribution in [2.45, 2.75) is 67.2 Å². The van der Waals surface area contributed by atoms with Crippen molar-refractivity contribution in [1.29, 1.82) is 0 Å². The number of nitrogens with zero attached hydrogens (tertiary/aromatic N) is 3. The Morgan fingerprint density at radius 2 is 1.87 bits per heavy atom. The van der Waals surface area contributed by atoms with Crippen molar-refractivity contribution in [3.05, 3.63) is 40.0 Å². The first kappa shape index (κ1) is 24.4. The zero-order valence-electron chi connectivity index (χ0n) is 19.9. The maximum absolute atomic E-state index is 11.8. The molecule has 0 bridgehead atoms. The minimum Gasteiger partial charge on any atom is -0.363 e. The molecule has 0 amide bonds. The Balaban J connectivity index is 2.30. The number of nitro groups is 1. The Morgan fingerprint density at radius 1 is 1.20 bits per heavy atom. The van der Waals surface area contributed by atoms with E-state index in [0.717, 1.165) is 62.4 Å². The molecular formula is C25H41N3O2. The molecule has 2 rings (SSSR count). The molecule has 0 saturated carbocycles. The van der Waals surface area contributed by atoms with E-state index >= 15 is 0 Å². The summed E-state index contributed by atoms with van der Waals surface area (Å²) in [6, 6.07) is 5.53. The lowest BCUT2D eigenvalue weighted by molar-refractivity contribution is -0.384. The topological polar surface area (TPSA) is 49.6 Å². The molecule has 5 nitrogen and oxygen atoms in total. The van der Waals surface area contributed by atoms with E-state index in [-0.39, 0.29) is 16.0 Å². The summed E-state index contributed by atoms with van der Waals surface area (Å²) in [5.41, 5.74) is 3.44. The average Bonchev–Trinajstić information content (AvgIpc) is 2.71. The lowest BCUT2D eigenvalue weighted by Crippen LogP contribution is -2.47. The van der Waals surface area contributed by atoms with Gasteiger partial charge in [-0.2, -0.15) is 0 Å². The van der Waals surface area contributed by atoms with Crippen molar-refractivity contribution >= 4 is 16.9 Å². The van der Waals surface area contributed by atoms with Crippen LogP contribution in [0.3, 0.4) is 0 Å². The van der Waals surface area contributed by atoms with Crippen molar-refractivity contribution in [2.75, 3.05) is 37.6 Å². The maximum atomic E-state index is 11.8. The van der Waals surface area contributed by atoms with Gasteiger partial charge in [0.2, 0.25) is 0 Å². The molecule has 1 unspecified atom stereocenters. The Hall–Kier alpha value is -1.88. The number of rotatable bonds is 9. The van der Waals surface area contributed by atoms with Crippen LogP contribution in [-0.4, -0.2) is 42.5 Å². The number of anilines is 1. The van der Waals surface area contributed by atoms with Crippen LogP contribution in [0.1, 0.15) is 72.8 Å². The fraction of sp³-hybridized carbons (Fsp3) is 0.680. The van der Waals surface area contributed by atoms with Gasteiger partial charge >= 0.3 is 0 Å². The van der Waals surface area contributed by atoms with E-state index in [4.69, 9.17) is 0 Å². The van der Waals surface area contributed by atoms with E-state index < -0.39 is 0 Å². The second kappa shape index (κ2) is 10.9. The van der Waals surface area contributed by atoms with Gasteiger partial charge in [0, 0.05) is 37.8 Å². The second-order valence-electron chi connectivity index (χ2n) is 9.71. The number of benzene rings is 1. The summed E-state index contributed by atoms with van der Waals surface area (Å²) in [5, 5.41) is 11.8. The van der Waals surface area contributed by atoms with Gasteiger partial charge in [0.05, 0.1) is 4.92 Å². The fourth-order valence-electron chi connectivity index (χ4n) is 4.47. The first-order valence-electron chi connectivity index (χ1n) is 11.6. The van der Waals surface area contributed by atoms with Crippen LogP contribution in [0.5, 0.6) is 0 Å². The average molecular weight is 416 g/mol. The molecule has 1 aromatic rings. The number of hydrogen-bond donors (Lipinski definition) is 0. The van der Waals surface area contributed by atoms with Gasteiger partial charge in [-0.25, -0.2) is 0 Å². The Labute approximate surface area is 183 Å². The molecule has 0 aromatic heterocycles. The van der Waals surface area contributed by atoms with Crippen LogP contribution in [0.15, 0.2) is 24.3 Å². The van der Waals surface area contributed by atoms with Crippen molar-refractivity contribution in [3.8, 4) is 0 Å². The summed E-state index contributed by atoms with van der Waals surface area (Å²) in [7, 11) is 0. The third kappa shape index (κ3) is 6.31. The number of unbranched alkanes of at least 4 members (excludes halogenated alkanes) is 1. The molecule has 1 saturated heterocycles. The van der Waals surface area contributed by atoms with E-state index in [1.54, 1.807) is 6.07 Å². The van der Waals surface area contributed by atoms with Crippen molar-refractivity contribution < 1.29 is 4.92 Å². The van der Waals surface area contributed by atoms with Gasteiger partial charge in [-0.3, -0.25) is 15.0 Å². The van der Waals surface area contributed by atoms with E-state index in [2.05, 4.69) is 63.5 Å². The molecular weight excluding hydrogens is 374 g/mol. The number of hydrogen-bond acceptors (Lipinski definition) is 4. The van der Waals surface area contributed by atoms with Crippen LogP contribution in [0.4, 0.5) is 11.4 Å². The van der Waals surface area contributed by atoms with Crippen LogP contribution in [-0.2, 0) is 0 Å².